The van der Waals surface area contributed by atoms with Crippen molar-refractivity contribution in [1.82, 2.24) is 0 Å². The Kier molecular flexibility index (Phi) is 40.1. The Labute approximate surface area is 336 Å². The van der Waals surface area contributed by atoms with Crippen molar-refractivity contribution in [2.75, 3.05) is 26.4 Å². The Bertz CT molecular complexity index is 1040. The van der Waals surface area contributed by atoms with Crippen LogP contribution in [-0.2, 0) is 32.7 Å². The van der Waals surface area contributed by atoms with Crippen LogP contribution >= 0.6 is 7.82 Å². The monoisotopic (exact) mass is 796 g/mol. The molecule has 0 saturated heterocycles. The minimum atomic E-state index is -4.38. The smallest absolute Gasteiger partial charge is 0.462 e. The molecular formula is C45H82NO8P. The van der Waals surface area contributed by atoms with Crippen LogP contribution in [0.2, 0.25) is 0 Å². The highest BCUT2D eigenvalue weighted by Gasteiger charge is 2.26. The first-order chi connectivity index (χ1) is 26.8. The highest BCUT2D eigenvalue weighted by atomic mass is 31.2. The normalized spacial score (nSPS) is 13.7. The average Bonchev–Trinajstić information content (AvgIpc) is 3.17. The van der Waals surface area contributed by atoms with E-state index in [-0.39, 0.29) is 38.6 Å². The second-order valence-corrected chi connectivity index (χ2v) is 16.0. The lowest BCUT2D eigenvalue weighted by atomic mass is 10.0. The first-order valence-corrected chi connectivity index (χ1v) is 23.6. The molecule has 0 fully saturated rings. The largest absolute Gasteiger partial charge is 0.472 e. The van der Waals surface area contributed by atoms with E-state index in [1.54, 1.807) is 0 Å². The third-order valence-corrected chi connectivity index (χ3v) is 10.2. The van der Waals surface area contributed by atoms with Crippen LogP contribution in [0, 0.1) is 0 Å². The van der Waals surface area contributed by atoms with Gasteiger partial charge in [0.25, 0.3) is 0 Å². The molecule has 0 aromatic rings. The third-order valence-electron chi connectivity index (χ3n) is 9.23. The van der Waals surface area contributed by atoms with E-state index in [1.165, 1.54) is 77.0 Å². The zero-order valence-electron chi connectivity index (χ0n) is 35.2. The van der Waals surface area contributed by atoms with E-state index >= 15 is 0 Å². The molecule has 0 aliphatic rings. The molecule has 2 unspecified atom stereocenters. The zero-order chi connectivity index (χ0) is 40.3. The molecule has 9 nitrogen and oxygen atoms in total. The van der Waals surface area contributed by atoms with Crippen LogP contribution in [-0.4, -0.2) is 49.3 Å². The van der Waals surface area contributed by atoms with E-state index in [2.05, 4.69) is 62.5 Å². The molecule has 10 heteroatoms. The molecular weight excluding hydrogens is 713 g/mol. The molecule has 0 aromatic heterocycles. The van der Waals surface area contributed by atoms with Gasteiger partial charge in [-0.15, -0.1) is 0 Å². The van der Waals surface area contributed by atoms with Gasteiger partial charge in [-0.25, -0.2) is 4.57 Å². The van der Waals surface area contributed by atoms with Crippen LogP contribution in [0.25, 0.3) is 0 Å². The van der Waals surface area contributed by atoms with Crippen LogP contribution < -0.4 is 5.73 Å². The van der Waals surface area contributed by atoms with Gasteiger partial charge in [-0.1, -0.05) is 178 Å². The topological polar surface area (TPSA) is 134 Å². The summed E-state index contributed by atoms with van der Waals surface area (Å²) >= 11 is 0. The first kappa shape index (κ1) is 53.0. The quantitative estimate of drug-likeness (QED) is 0.0268. The summed E-state index contributed by atoms with van der Waals surface area (Å²) in [6.07, 6.45) is 47.1. The number of allylic oxidation sites excluding steroid dienone is 8. The summed E-state index contributed by atoms with van der Waals surface area (Å²) in [6, 6.07) is 0. The summed E-state index contributed by atoms with van der Waals surface area (Å²) in [5.74, 6) is -0.841. The highest BCUT2D eigenvalue weighted by molar-refractivity contribution is 7.47. The van der Waals surface area contributed by atoms with E-state index < -0.39 is 26.5 Å². The molecule has 55 heavy (non-hydrogen) atoms. The molecule has 3 N–H and O–H groups in total. The lowest BCUT2D eigenvalue weighted by Crippen LogP contribution is -2.29. The van der Waals surface area contributed by atoms with E-state index in [9.17, 15) is 19.0 Å². The molecule has 0 saturated carbocycles. The van der Waals surface area contributed by atoms with Gasteiger partial charge in [-0.05, 0) is 51.4 Å². The summed E-state index contributed by atoms with van der Waals surface area (Å²) < 4.78 is 32.8. The molecule has 0 heterocycles. The maximum atomic E-state index is 12.6. The van der Waals surface area contributed by atoms with Crippen LogP contribution in [0.4, 0.5) is 0 Å². The van der Waals surface area contributed by atoms with Gasteiger partial charge >= 0.3 is 19.8 Å². The number of phosphoric acid groups is 1. The summed E-state index contributed by atoms with van der Waals surface area (Å²) in [7, 11) is -4.38. The molecule has 0 radical (unpaired) electrons. The standard InChI is InChI=1S/C45H82NO8P/c1-3-5-7-9-11-13-15-17-19-20-21-22-24-26-28-30-32-34-36-38-45(48)54-43(42-53-55(49,50)52-40-39-46)41-51-44(47)37-35-33-31-29-27-25-23-18-16-14-12-10-8-6-4-2/h5,7,11,13,17,19,21-22,43H,3-4,6,8-10,12,14-16,18,20,23-42,46H2,1-2H3,(H,49,50). The molecule has 2 atom stereocenters. The predicted octanol–water partition coefficient (Wildman–Crippen LogP) is 12.7. The molecule has 0 spiro atoms. The zero-order valence-corrected chi connectivity index (χ0v) is 36.0. The highest BCUT2D eigenvalue weighted by Crippen LogP contribution is 2.43. The Morgan fingerprint density at radius 3 is 1.49 bits per heavy atom. The van der Waals surface area contributed by atoms with Crippen molar-refractivity contribution in [3.05, 3.63) is 48.6 Å². The Morgan fingerprint density at radius 1 is 0.564 bits per heavy atom. The molecule has 0 aromatic carbocycles. The number of carbonyl (C=O) groups is 2. The molecule has 0 rings (SSSR count). The minimum Gasteiger partial charge on any atom is -0.462 e. The lowest BCUT2D eigenvalue weighted by molar-refractivity contribution is -0.161. The van der Waals surface area contributed by atoms with Gasteiger partial charge in [0, 0.05) is 19.4 Å². The minimum absolute atomic E-state index is 0.0501. The van der Waals surface area contributed by atoms with Gasteiger partial charge in [0.1, 0.15) is 6.61 Å². The van der Waals surface area contributed by atoms with Crippen LogP contribution in [0.1, 0.15) is 194 Å². The number of esters is 2. The van der Waals surface area contributed by atoms with Crippen molar-refractivity contribution in [3.8, 4) is 0 Å². The number of hydrogen-bond donors (Lipinski definition) is 2. The van der Waals surface area contributed by atoms with Crippen molar-refractivity contribution in [1.29, 1.82) is 0 Å². The van der Waals surface area contributed by atoms with Crippen molar-refractivity contribution in [2.24, 2.45) is 5.73 Å². The summed E-state index contributed by atoms with van der Waals surface area (Å²) in [4.78, 5) is 34.9. The second kappa shape index (κ2) is 41.6. The Hall–Kier alpha value is -2.03. The van der Waals surface area contributed by atoms with Crippen molar-refractivity contribution in [3.63, 3.8) is 0 Å². The molecule has 0 aliphatic carbocycles. The Balaban J connectivity index is 4.16. The Morgan fingerprint density at radius 2 is 1.00 bits per heavy atom. The van der Waals surface area contributed by atoms with E-state index in [0.29, 0.717) is 6.42 Å². The summed E-state index contributed by atoms with van der Waals surface area (Å²) in [5, 5.41) is 0. The average molecular weight is 796 g/mol. The van der Waals surface area contributed by atoms with Crippen molar-refractivity contribution in [2.45, 2.75) is 200 Å². The fourth-order valence-electron chi connectivity index (χ4n) is 5.98. The van der Waals surface area contributed by atoms with Gasteiger partial charge in [0.05, 0.1) is 13.2 Å². The van der Waals surface area contributed by atoms with Gasteiger partial charge in [0.15, 0.2) is 6.10 Å². The van der Waals surface area contributed by atoms with Crippen molar-refractivity contribution >= 4 is 19.8 Å². The van der Waals surface area contributed by atoms with Crippen LogP contribution in [0.3, 0.4) is 0 Å². The maximum absolute atomic E-state index is 12.6. The number of hydrogen-bond acceptors (Lipinski definition) is 8. The first-order valence-electron chi connectivity index (χ1n) is 22.1. The summed E-state index contributed by atoms with van der Waals surface area (Å²) in [5.41, 5.74) is 5.35. The SMILES string of the molecule is CCC=CCC=CCC=CCC=CCCCCCCCCC(=O)OC(COC(=O)CCCCCCCCCCCCCCCCC)COP(=O)(O)OCCN. The van der Waals surface area contributed by atoms with E-state index in [4.69, 9.17) is 24.3 Å². The van der Waals surface area contributed by atoms with Crippen LogP contribution in [0.15, 0.2) is 48.6 Å². The molecule has 0 amide bonds. The van der Waals surface area contributed by atoms with Gasteiger partial charge in [-0.3, -0.25) is 18.6 Å². The number of unbranched alkanes of at least 4 members (excludes halogenated alkanes) is 20. The summed E-state index contributed by atoms with van der Waals surface area (Å²) in [6.45, 7) is 3.61. The van der Waals surface area contributed by atoms with Crippen LogP contribution in [0.5, 0.6) is 0 Å². The fourth-order valence-corrected chi connectivity index (χ4v) is 6.74. The number of rotatable bonds is 41. The third kappa shape index (κ3) is 41.4. The molecule has 320 valence electrons. The predicted molar refractivity (Wildman–Crippen MR) is 229 cm³/mol. The van der Waals surface area contributed by atoms with Crippen molar-refractivity contribution < 1.29 is 37.6 Å². The number of nitrogens with two attached hydrogens (primary N) is 1. The molecule has 0 aliphatic heterocycles. The van der Waals surface area contributed by atoms with E-state index in [1.807, 2.05) is 0 Å². The lowest BCUT2D eigenvalue weighted by Gasteiger charge is -2.19. The van der Waals surface area contributed by atoms with Gasteiger partial charge in [-0.2, -0.15) is 0 Å². The van der Waals surface area contributed by atoms with E-state index in [0.717, 1.165) is 83.5 Å². The fraction of sp³-hybridized carbons (Fsp3) is 0.778. The maximum Gasteiger partial charge on any atom is 0.472 e. The van der Waals surface area contributed by atoms with Gasteiger partial charge in [0.2, 0.25) is 0 Å². The second-order valence-electron chi connectivity index (χ2n) is 14.5. The number of phosphoric ester groups is 1. The number of carbonyl (C=O) groups excluding carboxylic acids is 2. The van der Waals surface area contributed by atoms with Gasteiger partial charge < -0.3 is 20.1 Å². The molecule has 0 bridgehead atoms. The number of ether oxygens (including phenoxy) is 2.